The molecule has 0 heterocycles. The van der Waals surface area contributed by atoms with Gasteiger partial charge in [0.15, 0.2) is 5.84 Å². The monoisotopic (exact) mass is 287 g/mol. The van der Waals surface area contributed by atoms with Crippen molar-refractivity contribution in [3.8, 4) is 0 Å². The van der Waals surface area contributed by atoms with Crippen molar-refractivity contribution < 1.29 is 24.9 Å². The zero-order valence-electron chi connectivity index (χ0n) is 10.8. The molecule has 112 valence electrons. The molecule has 0 aliphatic heterocycles. The number of hydrogen-bond donors (Lipinski definition) is 6. The van der Waals surface area contributed by atoms with Crippen molar-refractivity contribution in [1.29, 1.82) is 0 Å². The van der Waals surface area contributed by atoms with E-state index in [0.29, 0.717) is 0 Å². The van der Waals surface area contributed by atoms with Crippen LogP contribution in [0.15, 0.2) is 23.4 Å². The second-order valence-electron chi connectivity index (χ2n) is 4.40. The van der Waals surface area contributed by atoms with Crippen LogP contribution < -0.4 is 11.1 Å². The van der Waals surface area contributed by atoms with Crippen LogP contribution in [0.5, 0.6) is 0 Å². The lowest BCUT2D eigenvalue weighted by Gasteiger charge is -2.29. The third kappa shape index (κ3) is 3.64. The summed E-state index contributed by atoms with van der Waals surface area (Å²) in [6.45, 7) is -1.50. The molecule has 1 aromatic rings. The van der Waals surface area contributed by atoms with Gasteiger partial charge in [0.2, 0.25) is 0 Å². The number of oxime groups is 1. The van der Waals surface area contributed by atoms with Crippen LogP contribution in [0.2, 0.25) is 0 Å². The van der Waals surface area contributed by atoms with E-state index in [2.05, 4.69) is 10.5 Å². The molecule has 0 spiro atoms. The lowest BCUT2D eigenvalue weighted by Crippen LogP contribution is -2.54. The Labute approximate surface area is 115 Å². The zero-order chi connectivity index (χ0) is 15.2. The molecule has 1 rings (SSSR count). The SMILES string of the molecule is N/C(=N/O)c1ccc(CNC(CO)(CO)CO)c(F)c1. The quantitative estimate of drug-likeness (QED) is 0.160. The summed E-state index contributed by atoms with van der Waals surface area (Å²) in [4.78, 5) is 0. The molecule has 0 unspecified atom stereocenters. The summed E-state index contributed by atoms with van der Waals surface area (Å²) in [5, 5.41) is 41.4. The van der Waals surface area contributed by atoms with Crippen LogP contribution in [-0.2, 0) is 6.54 Å². The number of aliphatic hydroxyl groups is 3. The second-order valence-corrected chi connectivity index (χ2v) is 4.40. The second kappa shape index (κ2) is 7.15. The largest absolute Gasteiger partial charge is 0.409 e. The van der Waals surface area contributed by atoms with E-state index in [1.807, 2.05) is 0 Å². The molecule has 7 N–H and O–H groups in total. The van der Waals surface area contributed by atoms with Crippen LogP contribution in [0.1, 0.15) is 11.1 Å². The Morgan fingerprint density at radius 2 is 1.85 bits per heavy atom. The van der Waals surface area contributed by atoms with Crippen LogP contribution in [0, 0.1) is 5.82 Å². The van der Waals surface area contributed by atoms with E-state index >= 15 is 0 Å². The van der Waals surface area contributed by atoms with Crippen molar-refractivity contribution in [3.05, 3.63) is 35.1 Å². The summed E-state index contributed by atoms with van der Waals surface area (Å²) in [5.74, 6) is -0.803. The molecule has 0 aromatic heterocycles. The number of halogens is 1. The number of rotatable bonds is 7. The molecular formula is C12H18FN3O4. The number of nitrogens with one attached hydrogen (secondary N) is 1. The topological polar surface area (TPSA) is 131 Å². The van der Waals surface area contributed by atoms with Gasteiger partial charge in [0.05, 0.1) is 25.4 Å². The van der Waals surface area contributed by atoms with Crippen molar-refractivity contribution in [2.75, 3.05) is 19.8 Å². The molecule has 0 fully saturated rings. The third-order valence-corrected chi connectivity index (χ3v) is 3.02. The molecular weight excluding hydrogens is 269 g/mol. The molecule has 0 bridgehead atoms. The Hall–Kier alpha value is -1.74. The van der Waals surface area contributed by atoms with Crippen LogP contribution in [0.3, 0.4) is 0 Å². The molecule has 0 radical (unpaired) electrons. The van der Waals surface area contributed by atoms with E-state index in [0.717, 1.165) is 6.07 Å². The van der Waals surface area contributed by atoms with Gasteiger partial charge in [-0.3, -0.25) is 0 Å². The highest BCUT2D eigenvalue weighted by molar-refractivity contribution is 5.97. The first kappa shape index (κ1) is 16.3. The average molecular weight is 287 g/mol. The highest BCUT2D eigenvalue weighted by atomic mass is 19.1. The van der Waals surface area contributed by atoms with E-state index in [1.165, 1.54) is 12.1 Å². The minimum Gasteiger partial charge on any atom is -0.409 e. The molecule has 0 amide bonds. The van der Waals surface area contributed by atoms with Gasteiger partial charge in [-0.15, -0.1) is 0 Å². The highest BCUT2D eigenvalue weighted by Gasteiger charge is 2.27. The fourth-order valence-corrected chi connectivity index (χ4v) is 1.51. The fraction of sp³-hybridized carbons (Fsp3) is 0.417. The predicted molar refractivity (Wildman–Crippen MR) is 69.7 cm³/mol. The van der Waals surface area contributed by atoms with Crippen molar-refractivity contribution >= 4 is 5.84 Å². The number of benzene rings is 1. The fourth-order valence-electron chi connectivity index (χ4n) is 1.51. The van der Waals surface area contributed by atoms with Gasteiger partial charge in [-0.05, 0) is 6.07 Å². The molecule has 0 saturated carbocycles. The van der Waals surface area contributed by atoms with E-state index in [1.54, 1.807) is 0 Å². The molecule has 0 atom stereocenters. The summed E-state index contributed by atoms with van der Waals surface area (Å²) >= 11 is 0. The molecule has 0 aliphatic rings. The number of aliphatic hydroxyl groups excluding tert-OH is 3. The molecule has 7 nitrogen and oxygen atoms in total. The van der Waals surface area contributed by atoms with Crippen LogP contribution >= 0.6 is 0 Å². The van der Waals surface area contributed by atoms with Crippen molar-refractivity contribution in [2.24, 2.45) is 10.9 Å². The van der Waals surface area contributed by atoms with Gasteiger partial charge in [0, 0.05) is 17.7 Å². The first-order chi connectivity index (χ1) is 9.51. The Morgan fingerprint density at radius 1 is 1.25 bits per heavy atom. The summed E-state index contributed by atoms with van der Waals surface area (Å²) in [6.07, 6.45) is 0. The summed E-state index contributed by atoms with van der Waals surface area (Å²) in [5.41, 5.74) is 4.54. The first-order valence-corrected chi connectivity index (χ1v) is 5.86. The summed E-state index contributed by atoms with van der Waals surface area (Å²) in [7, 11) is 0. The average Bonchev–Trinajstić information content (AvgIpc) is 2.49. The van der Waals surface area contributed by atoms with E-state index in [9.17, 15) is 4.39 Å². The highest BCUT2D eigenvalue weighted by Crippen LogP contribution is 2.12. The molecule has 8 heteroatoms. The predicted octanol–water partition coefficient (Wildman–Crippen LogP) is -1.27. The number of nitrogens with two attached hydrogens (primary N) is 1. The van der Waals surface area contributed by atoms with Gasteiger partial charge in [-0.2, -0.15) is 0 Å². The standard InChI is InChI=1S/C12H18FN3O4/c13-10-3-8(11(14)16-20)1-2-9(10)4-15-12(5-17,6-18)7-19/h1-3,15,17-20H,4-7H2,(H2,14,16). The third-order valence-electron chi connectivity index (χ3n) is 3.02. The molecule has 20 heavy (non-hydrogen) atoms. The van der Waals surface area contributed by atoms with Gasteiger partial charge in [-0.25, -0.2) is 4.39 Å². The van der Waals surface area contributed by atoms with Crippen LogP contribution in [0.4, 0.5) is 4.39 Å². The van der Waals surface area contributed by atoms with E-state index in [4.69, 9.17) is 26.3 Å². The first-order valence-electron chi connectivity index (χ1n) is 5.86. The van der Waals surface area contributed by atoms with E-state index < -0.39 is 31.2 Å². The smallest absolute Gasteiger partial charge is 0.170 e. The molecule has 0 aliphatic carbocycles. The number of amidine groups is 1. The molecule has 0 saturated heterocycles. The normalized spacial score (nSPS) is 12.7. The van der Waals surface area contributed by atoms with Crippen LogP contribution in [-0.4, -0.2) is 51.7 Å². The summed E-state index contributed by atoms with van der Waals surface area (Å²) in [6, 6.07) is 3.99. The number of hydrogen-bond acceptors (Lipinski definition) is 6. The minimum absolute atomic E-state index is 0.00995. The van der Waals surface area contributed by atoms with Gasteiger partial charge in [0.1, 0.15) is 5.82 Å². The van der Waals surface area contributed by atoms with E-state index in [-0.39, 0.29) is 23.5 Å². The maximum Gasteiger partial charge on any atom is 0.170 e. The Kier molecular flexibility index (Phi) is 5.83. The summed E-state index contributed by atoms with van der Waals surface area (Å²) < 4.78 is 13.8. The maximum absolute atomic E-state index is 13.8. The van der Waals surface area contributed by atoms with Crippen molar-refractivity contribution in [2.45, 2.75) is 12.1 Å². The Morgan fingerprint density at radius 3 is 2.30 bits per heavy atom. The van der Waals surface area contributed by atoms with Gasteiger partial charge in [-0.1, -0.05) is 17.3 Å². The zero-order valence-corrected chi connectivity index (χ0v) is 10.8. The Balaban J connectivity index is 2.84. The lowest BCUT2D eigenvalue weighted by molar-refractivity contribution is 0.0412. The van der Waals surface area contributed by atoms with Crippen LogP contribution in [0.25, 0.3) is 0 Å². The minimum atomic E-state index is -1.28. The molecule has 1 aromatic carbocycles. The van der Waals surface area contributed by atoms with Gasteiger partial charge < -0.3 is 31.6 Å². The van der Waals surface area contributed by atoms with Crippen molar-refractivity contribution in [1.82, 2.24) is 5.32 Å². The van der Waals surface area contributed by atoms with Gasteiger partial charge >= 0.3 is 0 Å². The maximum atomic E-state index is 13.8. The van der Waals surface area contributed by atoms with Crippen molar-refractivity contribution in [3.63, 3.8) is 0 Å². The Bertz CT molecular complexity index is 470. The number of nitrogens with zero attached hydrogens (tertiary/aromatic N) is 1. The van der Waals surface area contributed by atoms with Gasteiger partial charge in [0.25, 0.3) is 0 Å². The lowest BCUT2D eigenvalue weighted by atomic mass is 10.0.